The summed E-state index contributed by atoms with van der Waals surface area (Å²) >= 11 is 0. The number of nitrogens with zero attached hydrogens (tertiary/aromatic N) is 1. The van der Waals surface area contributed by atoms with Crippen LogP contribution >= 0.6 is 0 Å². The highest BCUT2D eigenvalue weighted by Gasteiger charge is 2.23. The Balaban J connectivity index is 2.14. The van der Waals surface area contributed by atoms with Crippen LogP contribution in [0.15, 0.2) is 0 Å². The fourth-order valence-corrected chi connectivity index (χ4v) is 2.70. The molecule has 0 aromatic rings. The van der Waals surface area contributed by atoms with Crippen molar-refractivity contribution in [1.29, 1.82) is 0 Å². The highest BCUT2D eigenvalue weighted by molar-refractivity contribution is 4.79. The molecule has 0 saturated carbocycles. The fourth-order valence-electron chi connectivity index (χ4n) is 2.70. The van der Waals surface area contributed by atoms with Gasteiger partial charge >= 0.3 is 0 Å². The van der Waals surface area contributed by atoms with Gasteiger partial charge in [0.2, 0.25) is 0 Å². The normalized spacial score (nSPS) is 20.7. The highest BCUT2D eigenvalue weighted by atomic mass is 16.5. The van der Waals surface area contributed by atoms with Gasteiger partial charge in [0, 0.05) is 12.6 Å². The summed E-state index contributed by atoms with van der Waals surface area (Å²) in [5, 5.41) is 3.64. The van der Waals surface area contributed by atoms with Gasteiger partial charge in [-0.1, -0.05) is 6.92 Å². The summed E-state index contributed by atoms with van der Waals surface area (Å²) in [7, 11) is 0. The zero-order chi connectivity index (χ0) is 14.3. The Labute approximate surface area is 120 Å². The van der Waals surface area contributed by atoms with Crippen molar-refractivity contribution in [2.24, 2.45) is 5.92 Å². The predicted molar refractivity (Wildman–Crippen MR) is 82.6 cm³/mol. The summed E-state index contributed by atoms with van der Waals surface area (Å²) in [5.74, 6) is 0.853. The van der Waals surface area contributed by atoms with Gasteiger partial charge in [0.25, 0.3) is 0 Å². The van der Waals surface area contributed by atoms with Gasteiger partial charge in [-0.3, -0.25) is 0 Å². The lowest BCUT2D eigenvalue weighted by Crippen LogP contribution is -2.43. The van der Waals surface area contributed by atoms with E-state index in [0.717, 1.165) is 25.6 Å². The minimum atomic E-state index is -0.00307. The Kier molecular flexibility index (Phi) is 7.33. The molecule has 1 unspecified atom stereocenters. The van der Waals surface area contributed by atoms with Crippen molar-refractivity contribution in [2.45, 2.75) is 65.5 Å². The lowest BCUT2D eigenvalue weighted by atomic mass is 9.90. The largest absolute Gasteiger partial charge is 0.375 e. The fraction of sp³-hybridized carbons (Fsp3) is 1.00. The van der Waals surface area contributed by atoms with E-state index < -0.39 is 0 Å². The van der Waals surface area contributed by atoms with Crippen LogP contribution in [0.4, 0.5) is 0 Å². The quantitative estimate of drug-likeness (QED) is 0.770. The van der Waals surface area contributed by atoms with E-state index in [9.17, 15) is 0 Å². The summed E-state index contributed by atoms with van der Waals surface area (Å²) in [6.07, 6.45) is 3.88. The van der Waals surface area contributed by atoms with Crippen molar-refractivity contribution in [3.63, 3.8) is 0 Å². The van der Waals surface area contributed by atoms with Gasteiger partial charge in [0.05, 0.1) is 12.2 Å². The summed E-state index contributed by atoms with van der Waals surface area (Å²) in [4.78, 5) is 2.55. The molecule has 1 atom stereocenters. The van der Waals surface area contributed by atoms with Crippen molar-refractivity contribution in [1.82, 2.24) is 10.2 Å². The molecule has 1 saturated heterocycles. The van der Waals surface area contributed by atoms with Crippen LogP contribution in [0.25, 0.3) is 0 Å². The zero-order valence-corrected chi connectivity index (χ0v) is 13.7. The van der Waals surface area contributed by atoms with Crippen LogP contribution in [0.2, 0.25) is 0 Å². The van der Waals surface area contributed by atoms with Crippen molar-refractivity contribution in [2.75, 3.05) is 32.8 Å². The highest BCUT2D eigenvalue weighted by Crippen LogP contribution is 2.20. The first-order valence-electron chi connectivity index (χ1n) is 8.02. The van der Waals surface area contributed by atoms with E-state index in [2.05, 4.69) is 44.8 Å². The SMILES string of the molecule is CCCNC(C)C1CCN(CCOC(C)(C)C)CC1. The molecule has 114 valence electrons. The molecule has 1 heterocycles. The van der Waals surface area contributed by atoms with Gasteiger partial charge in [-0.25, -0.2) is 0 Å². The Morgan fingerprint density at radius 3 is 2.42 bits per heavy atom. The molecule has 1 aliphatic rings. The van der Waals surface area contributed by atoms with E-state index in [1.54, 1.807) is 0 Å². The maximum Gasteiger partial charge on any atom is 0.0600 e. The average Bonchev–Trinajstić information content (AvgIpc) is 2.35. The van der Waals surface area contributed by atoms with E-state index in [4.69, 9.17) is 4.74 Å². The molecular weight excluding hydrogens is 236 g/mol. The number of rotatable bonds is 7. The molecular formula is C16H34N2O. The predicted octanol–water partition coefficient (Wildman–Crippen LogP) is 2.90. The van der Waals surface area contributed by atoms with Crippen molar-refractivity contribution in [3.8, 4) is 0 Å². The van der Waals surface area contributed by atoms with Gasteiger partial charge < -0.3 is 15.0 Å². The first-order valence-corrected chi connectivity index (χ1v) is 8.02. The van der Waals surface area contributed by atoms with E-state index >= 15 is 0 Å². The average molecular weight is 270 g/mol. The van der Waals surface area contributed by atoms with Gasteiger partial charge in [-0.2, -0.15) is 0 Å². The molecule has 1 aliphatic heterocycles. The number of piperidine rings is 1. The summed E-state index contributed by atoms with van der Waals surface area (Å²) in [6, 6.07) is 0.674. The maximum absolute atomic E-state index is 5.81. The van der Waals surface area contributed by atoms with Crippen LogP contribution in [0.1, 0.15) is 53.9 Å². The van der Waals surface area contributed by atoms with Crippen LogP contribution in [0.5, 0.6) is 0 Å². The van der Waals surface area contributed by atoms with Gasteiger partial charge in [0.1, 0.15) is 0 Å². The third-order valence-corrected chi connectivity index (χ3v) is 4.00. The van der Waals surface area contributed by atoms with E-state index in [1.807, 2.05) is 0 Å². The molecule has 0 bridgehead atoms. The van der Waals surface area contributed by atoms with Crippen LogP contribution in [0.3, 0.4) is 0 Å². The molecule has 1 fully saturated rings. The van der Waals surface area contributed by atoms with Crippen LogP contribution in [-0.4, -0.2) is 49.3 Å². The molecule has 1 rings (SSSR count). The second-order valence-corrected chi connectivity index (χ2v) is 6.88. The molecule has 0 spiro atoms. The second kappa shape index (κ2) is 8.23. The van der Waals surface area contributed by atoms with Crippen molar-refractivity contribution < 1.29 is 4.74 Å². The summed E-state index contributed by atoms with van der Waals surface area (Å²) < 4.78 is 5.81. The van der Waals surface area contributed by atoms with Gasteiger partial charge in [-0.15, -0.1) is 0 Å². The molecule has 3 heteroatoms. The molecule has 0 aromatic heterocycles. The first-order chi connectivity index (χ1) is 8.92. The van der Waals surface area contributed by atoms with Crippen LogP contribution in [0, 0.1) is 5.92 Å². The molecule has 0 aromatic carbocycles. The third-order valence-electron chi connectivity index (χ3n) is 4.00. The van der Waals surface area contributed by atoms with E-state index in [-0.39, 0.29) is 5.60 Å². The molecule has 19 heavy (non-hydrogen) atoms. The van der Waals surface area contributed by atoms with E-state index in [1.165, 1.54) is 32.4 Å². The molecule has 0 radical (unpaired) electrons. The second-order valence-electron chi connectivity index (χ2n) is 6.88. The van der Waals surface area contributed by atoms with Crippen LogP contribution < -0.4 is 5.32 Å². The van der Waals surface area contributed by atoms with Gasteiger partial charge in [0.15, 0.2) is 0 Å². The lowest BCUT2D eigenvalue weighted by Gasteiger charge is -2.35. The molecule has 3 nitrogen and oxygen atoms in total. The number of ether oxygens (including phenoxy) is 1. The Morgan fingerprint density at radius 2 is 1.89 bits per heavy atom. The monoisotopic (exact) mass is 270 g/mol. The number of nitrogens with one attached hydrogen (secondary N) is 1. The van der Waals surface area contributed by atoms with Crippen molar-refractivity contribution in [3.05, 3.63) is 0 Å². The number of likely N-dealkylation sites (tertiary alicyclic amines) is 1. The molecule has 0 amide bonds. The smallest absolute Gasteiger partial charge is 0.0600 e. The minimum Gasteiger partial charge on any atom is -0.375 e. The maximum atomic E-state index is 5.81. The standard InChI is InChI=1S/C16H34N2O/c1-6-9-17-14(2)15-7-10-18(11-8-15)12-13-19-16(3,4)5/h14-15,17H,6-13H2,1-5H3. The lowest BCUT2D eigenvalue weighted by molar-refractivity contribution is -0.0166. The molecule has 1 N–H and O–H groups in total. The number of hydrogen-bond donors (Lipinski definition) is 1. The topological polar surface area (TPSA) is 24.5 Å². The number of hydrogen-bond acceptors (Lipinski definition) is 3. The summed E-state index contributed by atoms with van der Waals surface area (Å²) in [5.41, 5.74) is -0.00307. The van der Waals surface area contributed by atoms with Crippen molar-refractivity contribution >= 4 is 0 Å². The first kappa shape index (κ1) is 16.9. The van der Waals surface area contributed by atoms with E-state index in [0.29, 0.717) is 6.04 Å². The minimum absolute atomic E-state index is 0.00307. The Morgan fingerprint density at radius 1 is 1.26 bits per heavy atom. The third kappa shape index (κ3) is 7.28. The van der Waals surface area contributed by atoms with Gasteiger partial charge in [-0.05, 0) is 72.5 Å². The Hall–Kier alpha value is -0.120. The zero-order valence-electron chi connectivity index (χ0n) is 13.7. The summed E-state index contributed by atoms with van der Waals surface area (Å²) in [6.45, 7) is 16.5. The van der Waals surface area contributed by atoms with Crippen LogP contribution in [-0.2, 0) is 4.74 Å². The molecule has 0 aliphatic carbocycles. The Bertz CT molecular complexity index is 229.